The number of H-pyrrole nitrogens is 1. The Labute approximate surface area is 104 Å². The molecule has 0 spiro atoms. The number of ether oxygens (including phenoxy) is 1. The quantitative estimate of drug-likeness (QED) is 0.788. The minimum absolute atomic E-state index is 0.214. The van der Waals surface area contributed by atoms with Gasteiger partial charge in [0.1, 0.15) is 0 Å². The largest absolute Gasteiger partial charge is 0.481 e. The number of hydrogen-bond acceptors (Lipinski definition) is 4. The van der Waals surface area contributed by atoms with Gasteiger partial charge in [0.15, 0.2) is 5.69 Å². The number of methoxy groups -OCH3 is 1. The van der Waals surface area contributed by atoms with E-state index in [9.17, 15) is 4.79 Å². The van der Waals surface area contributed by atoms with E-state index in [0.29, 0.717) is 24.5 Å². The summed E-state index contributed by atoms with van der Waals surface area (Å²) in [6.07, 6.45) is 4.05. The standard InChI is InChI=1S/C11H15N5O2/c1-16-10(18-2)5-9(15-16)11(17)13-4-3-8-6-12-7-14-8/h5-7H,3-4H2,1-2H3,(H,12,14)(H,13,17). The van der Waals surface area contributed by atoms with Gasteiger partial charge in [0, 0.05) is 38.0 Å². The van der Waals surface area contributed by atoms with Gasteiger partial charge in [0.25, 0.3) is 5.91 Å². The number of nitrogens with zero attached hydrogens (tertiary/aromatic N) is 3. The van der Waals surface area contributed by atoms with Crippen LogP contribution >= 0.6 is 0 Å². The first-order valence-electron chi connectivity index (χ1n) is 5.54. The average Bonchev–Trinajstić information content (AvgIpc) is 2.98. The number of imidazole rings is 1. The molecule has 18 heavy (non-hydrogen) atoms. The van der Waals surface area contributed by atoms with Gasteiger partial charge >= 0.3 is 0 Å². The van der Waals surface area contributed by atoms with Crippen molar-refractivity contribution in [2.45, 2.75) is 6.42 Å². The van der Waals surface area contributed by atoms with Crippen molar-refractivity contribution < 1.29 is 9.53 Å². The molecule has 2 aromatic rings. The molecular weight excluding hydrogens is 234 g/mol. The third kappa shape index (κ3) is 2.68. The molecule has 2 rings (SSSR count). The molecule has 0 aromatic carbocycles. The number of aryl methyl sites for hydroxylation is 1. The Morgan fingerprint density at radius 2 is 2.44 bits per heavy atom. The van der Waals surface area contributed by atoms with E-state index in [0.717, 1.165) is 5.69 Å². The highest BCUT2D eigenvalue weighted by molar-refractivity contribution is 5.92. The molecule has 0 aliphatic carbocycles. The number of aromatic nitrogens is 4. The van der Waals surface area contributed by atoms with E-state index in [1.165, 1.54) is 11.8 Å². The SMILES string of the molecule is COc1cc(C(=O)NCCc2cnc[nH]2)nn1C. The first-order valence-corrected chi connectivity index (χ1v) is 5.54. The topological polar surface area (TPSA) is 84.8 Å². The van der Waals surface area contributed by atoms with Gasteiger partial charge in [-0.2, -0.15) is 5.10 Å². The molecule has 0 bridgehead atoms. The van der Waals surface area contributed by atoms with E-state index in [1.54, 1.807) is 25.6 Å². The van der Waals surface area contributed by atoms with Gasteiger partial charge in [-0.3, -0.25) is 4.79 Å². The normalized spacial score (nSPS) is 10.3. The van der Waals surface area contributed by atoms with E-state index >= 15 is 0 Å². The summed E-state index contributed by atoms with van der Waals surface area (Å²) in [4.78, 5) is 18.7. The summed E-state index contributed by atoms with van der Waals surface area (Å²) in [5.41, 5.74) is 1.33. The molecule has 0 radical (unpaired) electrons. The maximum Gasteiger partial charge on any atom is 0.271 e. The van der Waals surface area contributed by atoms with Crippen molar-refractivity contribution >= 4 is 5.91 Å². The number of aromatic amines is 1. The summed E-state index contributed by atoms with van der Waals surface area (Å²) < 4.78 is 6.56. The summed E-state index contributed by atoms with van der Waals surface area (Å²) in [5, 5.41) is 6.84. The number of carbonyl (C=O) groups is 1. The van der Waals surface area contributed by atoms with Crippen molar-refractivity contribution in [3.05, 3.63) is 30.0 Å². The Morgan fingerprint density at radius 1 is 1.61 bits per heavy atom. The van der Waals surface area contributed by atoms with Crippen molar-refractivity contribution in [3.8, 4) is 5.88 Å². The van der Waals surface area contributed by atoms with Crippen molar-refractivity contribution in [1.82, 2.24) is 25.1 Å². The smallest absolute Gasteiger partial charge is 0.271 e. The van der Waals surface area contributed by atoms with Gasteiger partial charge in [0.2, 0.25) is 5.88 Å². The highest BCUT2D eigenvalue weighted by Crippen LogP contribution is 2.10. The number of rotatable bonds is 5. The molecule has 0 saturated heterocycles. The van der Waals surface area contributed by atoms with Crippen LogP contribution in [0.1, 0.15) is 16.2 Å². The summed E-state index contributed by atoms with van der Waals surface area (Å²) in [7, 11) is 3.26. The highest BCUT2D eigenvalue weighted by Gasteiger charge is 2.12. The van der Waals surface area contributed by atoms with Gasteiger partial charge in [-0.1, -0.05) is 0 Å². The first kappa shape index (κ1) is 12.2. The van der Waals surface area contributed by atoms with Crippen LogP contribution in [0.3, 0.4) is 0 Å². The zero-order valence-electron chi connectivity index (χ0n) is 10.3. The van der Waals surface area contributed by atoms with Crippen LogP contribution in [-0.4, -0.2) is 39.3 Å². The summed E-state index contributed by atoms with van der Waals surface area (Å²) in [6, 6.07) is 1.60. The molecule has 7 heteroatoms. The minimum atomic E-state index is -0.214. The molecule has 7 nitrogen and oxygen atoms in total. The molecule has 2 heterocycles. The fourth-order valence-corrected chi connectivity index (χ4v) is 1.57. The average molecular weight is 249 g/mol. The number of amides is 1. The zero-order chi connectivity index (χ0) is 13.0. The molecular formula is C11H15N5O2. The van der Waals surface area contributed by atoms with E-state index < -0.39 is 0 Å². The molecule has 0 aliphatic heterocycles. The number of nitrogens with one attached hydrogen (secondary N) is 2. The lowest BCUT2D eigenvalue weighted by molar-refractivity contribution is 0.0948. The van der Waals surface area contributed by atoms with E-state index in [-0.39, 0.29) is 5.91 Å². The Balaban J connectivity index is 1.87. The molecule has 2 N–H and O–H groups in total. The van der Waals surface area contributed by atoms with Gasteiger partial charge in [-0.05, 0) is 0 Å². The van der Waals surface area contributed by atoms with Crippen molar-refractivity contribution in [1.29, 1.82) is 0 Å². The van der Waals surface area contributed by atoms with E-state index in [4.69, 9.17) is 4.74 Å². The lowest BCUT2D eigenvalue weighted by atomic mass is 10.3. The maximum atomic E-state index is 11.8. The van der Waals surface area contributed by atoms with Gasteiger partial charge in [-0.15, -0.1) is 0 Å². The minimum Gasteiger partial charge on any atom is -0.481 e. The lowest BCUT2D eigenvalue weighted by Gasteiger charge is -2.00. The molecule has 0 fully saturated rings. The molecule has 0 unspecified atom stereocenters. The van der Waals surface area contributed by atoms with Crippen molar-refractivity contribution in [3.63, 3.8) is 0 Å². The van der Waals surface area contributed by atoms with Gasteiger partial charge in [0.05, 0.1) is 13.4 Å². The van der Waals surface area contributed by atoms with Crippen LogP contribution in [-0.2, 0) is 13.5 Å². The van der Waals surface area contributed by atoms with Crippen molar-refractivity contribution in [2.75, 3.05) is 13.7 Å². The predicted molar refractivity (Wildman–Crippen MR) is 64.4 cm³/mol. The van der Waals surface area contributed by atoms with Crippen LogP contribution in [0.5, 0.6) is 5.88 Å². The van der Waals surface area contributed by atoms with Crippen LogP contribution in [0, 0.1) is 0 Å². The second kappa shape index (κ2) is 5.35. The third-order valence-electron chi connectivity index (χ3n) is 2.51. The van der Waals surface area contributed by atoms with Crippen LogP contribution in [0.25, 0.3) is 0 Å². The fourth-order valence-electron chi connectivity index (χ4n) is 1.57. The Bertz CT molecular complexity index is 518. The van der Waals surface area contributed by atoms with Gasteiger partial charge in [-0.25, -0.2) is 9.67 Å². The zero-order valence-corrected chi connectivity index (χ0v) is 10.3. The van der Waals surface area contributed by atoms with E-state index in [2.05, 4.69) is 20.4 Å². The second-order valence-corrected chi connectivity index (χ2v) is 3.78. The molecule has 2 aromatic heterocycles. The van der Waals surface area contributed by atoms with Crippen LogP contribution in [0.2, 0.25) is 0 Å². The second-order valence-electron chi connectivity index (χ2n) is 3.78. The molecule has 96 valence electrons. The number of carbonyl (C=O) groups excluding carboxylic acids is 1. The number of hydrogen-bond donors (Lipinski definition) is 2. The first-order chi connectivity index (χ1) is 8.70. The van der Waals surface area contributed by atoms with Gasteiger partial charge < -0.3 is 15.0 Å². The summed E-state index contributed by atoms with van der Waals surface area (Å²) in [6.45, 7) is 0.528. The van der Waals surface area contributed by atoms with Crippen LogP contribution in [0.15, 0.2) is 18.6 Å². The summed E-state index contributed by atoms with van der Waals surface area (Å²) in [5.74, 6) is 0.335. The monoisotopic (exact) mass is 249 g/mol. The fraction of sp³-hybridized carbons (Fsp3) is 0.364. The van der Waals surface area contributed by atoms with Crippen molar-refractivity contribution in [2.24, 2.45) is 7.05 Å². The summed E-state index contributed by atoms with van der Waals surface area (Å²) >= 11 is 0. The van der Waals surface area contributed by atoms with Crippen LogP contribution < -0.4 is 10.1 Å². The van der Waals surface area contributed by atoms with E-state index in [1.807, 2.05) is 0 Å². The lowest BCUT2D eigenvalue weighted by Crippen LogP contribution is -2.26. The van der Waals surface area contributed by atoms with Crippen LogP contribution in [0.4, 0.5) is 0 Å². The third-order valence-corrected chi connectivity index (χ3v) is 2.51. The molecule has 0 saturated carbocycles. The Morgan fingerprint density at radius 3 is 3.06 bits per heavy atom. The molecule has 1 amide bonds. The Kier molecular flexibility index (Phi) is 3.61. The maximum absolute atomic E-state index is 11.8. The highest BCUT2D eigenvalue weighted by atomic mass is 16.5. The predicted octanol–water partition coefficient (Wildman–Crippen LogP) is 0.124. The molecule has 0 aliphatic rings. The molecule has 0 atom stereocenters. The Hall–Kier alpha value is -2.31.